The Bertz CT molecular complexity index is 99.2. The normalized spacial score (nSPS) is 15.7. The third-order valence-electron chi connectivity index (χ3n) is 0.911. The Kier molecular flexibility index (Phi) is 4.09. The minimum Gasteiger partial charge on any atom is -0.402 e. The molecule has 0 rings (SSSR count). The van der Waals surface area contributed by atoms with Gasteiger partial charge in [0, 0.05) is 18.7 Å². The molecule has 0 aliphatic heterocycles. The van der Waals surface area contributed by atoms with Crippen molar-refractivity contribution in [3.8, 4) is 0 Å². The highest BCUT2D eigenvalue weighted by atomic mass is 16.3. The fourth-order valence-electron chi connectivity index (χ4n) is 0.576. The van der Waals surface area contributed by atoms with Crippen molar-refractivity contribution in [3.63, 3.8) is 0 Å². The summed E-state index contributed by atoms with van der Waals surface area (Å²) in [6.07, 6.45) is 1.84. The van der Waals surface area contributed by atoms with E-state index in [-0.39, 0.29) is 6.10 Å². The molecule has 0 aliphatic rings. The Morgan fingerprint density at radius 1 is 1.78 bits per heavy atom. The van der Waals surface area contributed by atoms with E-state index in [2.05, 4.69) is 0 Å². The van der Waals surface area contributed by atoms with Gasteiger partial charge in [-0.05, 0) is 6.92 Å². The first-order valence-electron chi connectivity index (χ1n) is 2.99. The summed E-state index contributed by atoms with van der Waals surface area (Å²) in [7, 11) is 0. The van der Waals surface area contributed by atoms with Gasteiger partial charge in [-0.25, -0.2) is 0 Å². The van der Waals surface area contributed by atoms with Crippen molar-refractivity contribution in [2.75, 3.05) is 6.54 Å². The summed E-state index contributed by atoms with van der Waals surface area (Å²) in [6, 6.07) is 0. The molecular formula is C6H14N2O. The third-order valence-corrected chi connectivity index (χ3v) is 0.911. The van der Waals surface area contributed by atoms with E-state index in [1.165, 1.54) is 0 Å². The lowest BCUT2D eigenvalue weighted by Gasteiger charge is -2.02. The van der Waals surface area contributed by atoms with E-state index in [1.807, 2.05) is 0 Å². The molecule has 0 aromatic carbocycles. The van der Waals surface area contributed by atoms with Crippen LogP contribution in [0.3, 0.4) is 0 Å². The molecule has 0 bridgehead atoms. The summed E-state index contributed by atoms with van der Waals surface area (Å²) in [5.74, 6) is 0. The van der Waals surface area contributed by atoms with Gasteiger partial charge in [-0.3, -0.25) is 0 Å². The molecule has 0 saturated heterocycles. The molecule has 0 aromatic heterocycles. The van der Waals surface area contributed by atoms with Gasteiger partial charge >= 0.3 is 0 Å². The topological polar surface area (TPSA) is 72.3 Å². The second kappa shape index (κ2) is 4.35. The number of aliphatic hydroxyl groups is 1. The Morgan fingerprint density at radius 2 is 2.33 bits per heavy atom. The molecule has 0 spiro atoms. The molecule has 0 fully saturated rings. The van der Waals surface area contributed by atoms with Crippen molar-refractivity contribution in [2.24, 2.45) is 11.5 Å². The van der Waals surface area contributed by atoms with Gasteiger partial charge in [0.25, 0.3) is 0 Å². The first-order chi connectivity index (χ1) is 4.16. The molecule has 0 amide bonds. The lowest BCUT2D eigenvalue weighted by molar-refractivity contribution is 0.195. The highest BCUT2D eigenvalue weighted by Gasteiger charge is 1.95. The number of rotatable bonds is 3. The Hall–Kier alpha value is -0.540. The van der Waals surface area contributed by atoms with Crippen LogP contribution in [0.4, 0.5) is 0 Å². The molecule has 0 heterocycles. The van der Waals surface area contributed by atoms with Gasteiger partial charge in [-0.15, -0.1) is 0 Å². The van der Waals surface area contributed by atoms with Crippen LogP contribution in [0.1, 0.15) is 13.3 Å². The highest BCUT2D eigenvalue weighted by molar-refractivity contribution is 4.97. The second-order valence-corrected chi connectivity index (χ2v) is 2.07. The van der Waals surface area contributed by atoms with Crippen LogP contribution in [0.5, 0.6) is 0 Å². The molecule has 5 N–H and O–H groups in total. The van der Waals surface area contributed by atoms with Crippen molar-refractivity contribution >= 4 is 0 Å². The minimum absolute atomic E-state index is 0.368. The molecule has 54 valence electrons. The van der Waals surface area contributed by atoms with E-state index in [9.17, 15) is 0 Å². The standard InChI is InChI=1S/C6H14N2O/c1-5(9)4-6(8)2-3-7/h2,5,9H,3-4,7-8H2,1H3. The Labute approximate surface area is 55.3 Å². The van der Waals surface area contributed by atoms with Gasteiger partial charge < -0.3 is 16.6 Å². The fraction of sp³-hybridized carbons (Fsp3) is 0.667. The lowest BCUT2D eigenvalue weighted by Crippen LogP contribution is -2.09. The molecule has 0 radical (unpaired) electrons. The summed E-state index contributed by atoms with van der Waals surface area (Å²) >= 11 is 0. The summed E-state index contributed by atoms with van der Waals surface area (Å²) < 4.78 is 0. The Balaban J connectivity index is 3.49. The van der Waals surface area contributed by atoms with Crippen molar-refractivity contribution < 1.29 is 5.11 Å². The zero-order valence-corrected chi connectivity index (χ0v) is 5.67. The maximum atomic E-state index is 8.79. The average molecular weight is 130 g/mol. The molecule has 0 saturated carbocycles. The fourth-order valence-corrected chi connectivity index (χ4v) is 0.576. The number of hydrogen-bond acceptors (Lipinski definition) is 3. The van der Waals surface area contributed by atoms with Gasteiger partial charge in [0.05, 0.1) is 6.10 Å². The van der Waals surface area contributed by atoms with E-state index >= 15 is 0 Å². The minimum atomic E-state index is -0.368. The Morgan fingerprint density at radius 3 is 2.67 bits per heavy atom. The highest BCUT2D eigenvalue weighted by Crippen LogP contribution is 1.96. The van der Waals surface area contributed by atoms with Gasteiger partial charge in [0.1, 0.15) is 0 Å². The van der Waals surface area contributed by atoms with Crippen LogP contribution in [0, 0.1) is 0 Å². The van der Waals surface area contributed by atoms with Crippen molar-refractivity contribution in [1.82, 2.24) is 0 Å². The third kappa shape index (κ3) is 5.33. The smallest absolute Gasteiger partial charge is 0.0566 e. The zero-order chi connectivity index (χ0) is 7.28. The van der Waals surface area contributed by atoms with Gasteiger partial charge in [-0.2, -0.15) is 0 Å². The first kappa shape index (κ1) is 8.46. The van der Waals surface area contributed by atoms with Crippen molar-refractivity contribution in [3.05, 3.63) is 11.8 Å². The monoisotopic (exact) mass is 130 g/mol. The summed E-state index contributed by atoms with van der Waals surface area (Å²) in [4.78, 5) is 0. The predicted molar refractivity (Wildman–Crippen MR) is 37.6 cm³/mol. The average Bonchev–Trinajstić information content (AvgIpc) is 1.63. The molecule has 1 atom stereocenters. The molecule has 0 aromatic rings. The number of nitrogens with two attached hydrogens (primary N) is 2. The summed E-state index contributed by atoms with van der Waals surface area (Å²) in [5.41, 5.74) is 11.2. The zero-order valence-electron chi connectivity index (χ0n) is 5.67. The molecule has 1 unspecified atom stereocenters. The maximum Gasteiger partial charge on any atom is 0.0566 e. The van der Waals surface area contributed by atoms with E-state index in [0.717, 1.165) is 0 Å². The van der Waals surface area contributed by atoms with E-state index in [0.29, 0.717) is 18.7 Å². The largest absolute Gasteiger partial charge is 0.402 e. The van der Waals surface area contributed by atoms with Crippen molar-refractivity contribution in [2.45, 2.75) is 19.4 Å². The number of aliphatic hydroxyl groups excluding tert-OH is 1. The first-order valence-corrected chi connectivity index (χ1v) is 2.99. The predicted octanol–water partition coefficient (Wildman–Crippen LogP) is -0.441. The maximum absolute atomic E-state index is 8.79. The van der Waals surface area contributed by atoms with Gasteiger partial charge in [-0.1, -0.05) is 6.08 Å². The SMILES string of the molecule is CC(O)CC(N)=CCN. The number of hydrogen-bond donors (Lipinski definition) is 3. The molecule has 0 aliphatic carbocycles. The lowest BCUT2D eigenvalue weighted by atomic mass is 10.2. The van der Waals surface area contributed by atoms with Crippen LogP contribution in [0.25, 0.3) is 0 Å². The quantitative estimate of drug-likeness (QED) is 0.485. The molecular weight excluding hydrogens is 116 g/mol. The molecule has 9 heavy (non-hydrogen) atoms. The van der Waals surface area contributed by atoms with E-state index in [1.54, 1.807) is 13.0 Å². The summed E-state index contributed by atoms with van der Waals surface area (Å²) in [5, 5.41) is 8.79. The molecule has 3 heteroatoms. The van der Waals surface area contributed by atoms with Crippen LogP contribution < -0.4 is 11.5 Å². The van der Waals surface area contributed by atoms with E-state index < -0.39 is 0 Å². The van der Waals surface area contributed by atoms with Crippen LogP contribution >= 0.6 is 0 Å². The second-order valence-electron chi connectivity index (χ2n) is 2.07. The van der Waals surface area contributed by atoms with Crippen LogP contribution in [-0.2, 0) is 0 Å². The van der Waals surface area contributed by atoms with Crippen LogP contribution in [0.2, 0.25) is 0 Å². The summed E-state index contributed by atoms with van der Waals surface area (Å²) in [6.45, 7) is 2.13. The molecule has 3 nitrogen and oxygen atoms in total. The van der Waals surface area contributed by atoms with Gasteiger partial charge in [0.15, 0.2) is 0 Å². The van der Waals surface area contributed by atoms with Crippen LogP contribution in [0.15, 0.2) is 11.8 Å². The van der Waals surface area contributed by atoms with Crippen LogP contribution in [-0.4, -0.2) is 17.8 Å². The van der Waals surface area contributed by atoms with Crippen molar-refractivity contribution in [1.29, 1.82) is 0 Å². The van der Waals surface area contributed by atoms with Gasteiger partial charge in [0.2, 0.25) is 0 Å². The van der Waals surface area contributed by atoms with E-state index in [4.69, 9.17) is 16.6 Å².